The molecule has 0 saturated carbocycles. The second-order valence-corrected chi connectivity index (χ2v) is 6.22. The third kappa shape index (κ3) is 3.64. The first-order chi connectivity index (χ1) is 12.3. The van der Waals surface area contributed by atoms with Crippen LogP contribution in [0.1, 0.15) is 12.8 Å². The summed E-state index contributed by atoms with van der Waals surface area (Å²) in [7, 11) is 0. The van der Waals surface area contributed by atoms with Crippen LogP contribution in [-0.2, 0) is 0 Å². The Hall–Kier alpha value is -2.86. The average Bonchev–Trinajstić information content (AvgIpc) is 3.14. The van der Waals surface area contributed by atoms with Crippen molar-refractivity contribution in [1.29, 1.82) is 0 Å². The first kappa shape index (κ1) is 15.7. The third-order valence-corrected chi connectivity index (χ3v) is 4.39. The quantitative estimate of drug-likeness (QED) is 0.678. The van der Waals surface area contributed by atoms with Crippen molar-refractivity contribution in [2.75, 3.05) is 18.4 Å². The van der Waals surface area contributed by atoms with Crippen molar-refractivity contribution in [3.63, 3.8) is 0 Å². The number of phenolic OH excluding ortho intramolecular Hbond substituents is 1. The maximum Gasteiger partial charge on any atom is 0.258 e. The molecule has 0 radical (unpaired) electrons. The lowest BCUT2D eigenvalue weighted by Gasteiger charge is -2.24. The minimum Gasteiger partial charge on any atom is -0.508 e. The Balaban J connectivity index is 1.47. The van der Waals surface area contributed by atoms with Crippen LogP contribution in [0.25, 0.3) is 22.8 Å². The number of hydrogen-bond donors (Lipinski definition) is 3. The Morgan fingerprint density at radius 2 is 1.64 bits per heavy atom. The minimum absolute atomic E-state index is 0.209. The summed E-state index contributed by atoms with van der Waals surface area (Å²) in [6.45, 7) is 2.14. The Labute approximate surface area is 145 Å². The molecule has 0 unspecified atom stereocenters. The fourth-order valence-electron chi connectivity index (χ4n) is 2.98. The highest BCUT2D eigenvalue weighted by Gasteiger charge is 2.13. The van der Waals surface area contributed by atoms with Crippen LogP contribution in [0.2, 0.25) is 0 Å². The molecule has 25 heavy (non-hydrogen) atoms. The van der Waals surface area contributed by atoms with Crippen LogP contribution in [0, 0.1) is 0 Å². The van der Waals surface area contributed by atoms with Crippen molar-refractivity contribution in [2.45, 2.75) is 18.9 Å². The monoisotopic (exact) mass is 336 g/mol. The lowest BCUT2D eigenvalue weighted by atomic mass is 10.1. The number of phenols is 1. The summed E-state index contributed by atoms with van der Waals surface area (Å²) in [6.07, 6.45) is 2.28. The first-order valence-electron chi connectivity index (χ1n) is 8.49. The van der Waals surface area contributed by atoms with Crippen molar-refractivity contribution in [1.82, 2.24) is 15.5 Å². The van der Waals surface area contributed by atoms with Crippen LogP contribution >= 0.6 is 0 Å². The molecule has 0 aliphatic carbocycles. The number of aromatic hydroxyl groups is 1. The molecule has 1 aromatic heterocycles. The van der Waals surface area contributed by atoms with Crippen molar-refractivity contribution in [2.24, 2.45) is 0 Å². The van der Waals surface area contributed by atoms with Gasteiger partial charge in [-0.2, -0.15) is 4.98 Å². The van der Waals surface area contributed by atoms with Gasteiger partial charge in [0.15, 0.2) is 0 Å². The molecule has 6 heteroatoms. The fourth-order valence-corrected chi connectivity index (χ4v) is 2.98. The Kier molecular flexibility index (Phi) is 4.35. The number of aromatic nitrogens is 2. The van der Waals surface area contributed by atoms with Crippen molar-refractivity contribution in [3.8, 4) is 28.6 Å². The molecular formula is C19H20N4O2. The summed E-state index contributed by atoms with van der Waals surface area (Å²) in [5.74, 6) is 1.20. The molecule has 2 aromatic carbocycles. The van der Waals surface area contributed by atoms with E-state index in [4.69, 9.17) is 4.52 Å². The van der Waals surface area contributed by atoms with E-state index >= 15 is 0 Å². The zero-order valence-electron chi connectivity index (χ0n) is 13.8. The second-order valence-electron chi connectivity index (χ2n) is 6.22. The van der Waals surface area contributed by atoms with Crippen molar-refractivity contribution >= 4 is 5.69 Å². The normalized spacial score (nSPS) is 15.2. The number of benzene rings is 2. The molecule has 1 aliphatic rings. The molecular weight excluding hydrogens is 316 g/mol. The minimum atomic E-state index is 0.209. The number of nitrogens with one attached hydrogen (secondary N) is 2. The predicted octanol–water partition coefficient (Wildman–Crippen LogP) is 3.27. The van der Waals surface area contributed by atoms with Crippen LogP contribution in [0.15, 0.2) is 53.1 Å². The zero-order valence-corrected chi connectivity index (χ0v) is 13.8. The highest BCUT2D eigenvalue weighted by atomic mass is 16.5. The summed E-state index contributed by atoms with van der Waals surface area (Å²) in [5, 5.41) is 20.3. The molecule has 1 fully saturated rings. The summed E-state index contributed by atoms with van der Waals surface area (Å²) >= 11 is 0. The average molecular weight is 336 g/mol. The summed E-state index contributed by atoms with van der Waals surface area (Å²) in [6, 6.07) is 15.3. The van der Waals surface area contributed by atoms with Crippen LogP contribution in [0.4, 0.5) is 5.69 Å². The fraction of sp³-hybridized carbons (Fsp3) is 0.263. The van der Waals surface area contributed by atoms with Gasteiger partial charge in [0.1, 0.15) is 5.75 Å². The van der Waals surface area contributed by atoms with Crippen LogP contribution in [-0.4, -0.2) is 34.4 Å². The third-order valence-electron chi connectivity index (χ3n) is 4.39. The van der Waals surface area contributed by atoms with Gasteiger partial charge in [-0.05, 0) is 74.5 Å². The molecule has 4 rings (SSSR count). The van der Waals surface area contributed by atoms with Crippen molar-refractivity contribution < 1.29 is 9.63 Å². The van der Waals surface area contributed by atoms with E-state index in [0.717, 1.165) is 42.7 Å². The van der Waals surface area contributed by atoms with Gasteiger partial charge >= 0.3 is 0 Å². The zero-order chi connectivity index (χ0) is 17.1. The Bertz CT molecular complexity index is 821. The van der Waals surface area contributed by atoms with E-state index in [9.17, 15) is 5.11 Å². The van der Waals surface area contributed by atoms with Gasteiger partial charge in [-0.3, -0.25) is 0 Å². The predicted molar refractivity (Wildman–Crippen MR) is 96.3 cm³/mol. The summed E-state index contributed by atoms with van der Waals surface area (Å²) in [4.78, 5) is 4.44. The second kappa shape index (κ2) is 6.94. The van der Waals surface area contributed by atoms with E-state index in [-0.39, 0.29) is 5.75 Å². The van der Waals surface area contributed by atoms with Crippen LogP contribution in [0.3, 0.4) is 0 Å². The SMILES string of the molecule is Oc1ccc(-c2nc(-c3ccc(NC4CCNCC4)cc3)no2)cc1. The Morgan fingerprint density at radius 1 is 0.960 bits per heavy atom. The molecule has 3 N–H and O–H groups in total. The highest BCUT2D eigenvalue weighted by Crippen LogP contribution is 2.25. The molecule has 1 aliphatic heterocycles. The summed E-state index contributed by atoms with van der Waals surface area (Å²) < 4.78 is 5.33. The lowest BCUT2D eigenvalue weighted by molar-refractivity contribution is 0.432. The van der Waals surface area contributed by atoms with E-state index in [0.29, 0.717) is 17.8 Å². The van der Waals surface area contributed by atoms with Gasteiger partial charge in [-0.25, -0.2) is 0 Å². The molecule has 0 bridgehead atoms. The van der Waals surface area contributed by atoms with Gasteiger partial charge in [0.2, 0.25) is 5.82 Å². The maximum atomic E-state index is 9.35. The largest absolute Gasteiger partial charge is 0.508 e. The molecule has 6 nitrogen and oxygen atoms in total. The standard InChI is InChI=1S/C19H20N4O2/c24-17-7-3-14(4-8-17)19-22-18(23-25-19)13-1-5-15(6-2-13)21-16-9-11-20-12-10-16/h1-8,16,20-21,24H,9-12H2. The van der Waals surface area contributed by atoms with E-state index in [1.165, 1.54) is 0 Å². The molecule has 128 valence electrons. The van der Waals surface area contributed by atoms with E-state index < -0.39 is 0 Å². The smallest absolute Gasteiger partial charge is 0.258 e. The van der Waals surface area contributed by atoms with E-state index in [1.807, 2.05) is 24.3 Å². The van der Waals surface area contributed by atoms with Crippen molar-refractivity contribution in [3.05, 3.63) is 48.5 Å². The van der Waals surface area contributed by atoms with Gasteiger partial charge in [0, 0.05) is 22.9 Å². The van der Waals surface area contributed by atoms with E-state index in [1.54, 1.807) is 24.3 Å². The van der Waals surface area contributed by atoms with Gasteiger partial charge in [-0.1, -0.05) is 5.16 Å². The molecule has 0 spiro atoms. The number of hydrogen-bond acceptors (Lipinski definition) is 6. The molecule has 2 heterocycles. The van der Waals surface area contributed by atoms with Crippen LogP contribution < -0.4 is 10.6 Å². The highest BCUT2D eigenvalue weighted by molar-refractivity contribution is 5.62. The number of piperidine rings is 1. The molecule has 3 aromatic rings. The van der Waals surface area contributed by atoms with Gasteiger partial charge in [0.05, 0.1) is 0 Å². The van der Waals surface area contributed by atoms with E-state index in [2.05, 4.69) is 20.8 Å². The maximum absolute atomic E-state index is 9.35. The van der Waals surface area contributed by atoms with Crippen LogP contribution in [0.5, 0.6) is 5.75 Å². The van der Waals surface area contributed by atoms with Gasteiger partial charge in [-0.15, -0.1) is 0 Å². The Morgan fingerprint density at radius 3 is 2.36 bits per heavy atom. The lowest BCUT2D eigenvalue weighted by Crippen LogP contribution is -2.35. The molecule has 0 atom stereocenters. The number of anilines is 1. The number of nitrogens with zero attached hydrogens (tertiary/aromatic N) is 2. The topological polar surface area (TPSA) is 83.2 Å². The molecule has 0 amide bonds. The number of rotatable bonds is 4. The molecule has 1 saturated heterocycles. The first-order valence-corrected chi connectivity index (χ1v) is 8.49. The van der Waals surface area contributed by atoms with Gasteiger partial charge < -0.3 is 20.3 Å². The summed E-state index contributed by atoms with van der Waals surface area (Å²) in [5.41, 5.74) is 2.79. The van der Waals surface area contributed by atoms with Gasteiger partial charge in [0.25, 0.3) is 5.89 Å².